The fourth-order valence-corrected chi connectivity index (χ4v) is 3.92. The van der Waals surface area contributed by atoms with Crippen LogP contribution < -0.4 is 0 Å². The van der Waals surface area contributed by atoms with E-state index in [1.54, 1.807) is 0 Å². The number of hydrogen-bond donors (Lipinski definition) is 1. The van der Waals surface area contributed by atoms with Gasteiger partial charge in [-0.25, -0.2) is 4.39 Å². The van der Waals surface area contributed by atoms with E-state index in [1.807, 2.05) is 0 Å². The van der Waals surface area contributed by atoms with Crippen molar-refractivity contribution < 1.29 is 13.9 Å². The van der Waals surface area contributed by atoms with Gasteiger partial charge in [0.15, 0.2) is 11.6 Å². The highest BCUT2D eigenvalue weighted by molar-refractivity contribution is 5.67. The predicted octanol–water partition coefficient (Wildman–Crippen LogP) is 5.43. The minimum Gasteiger partial charge on any atom is -0.505 e. The summed E-state index contributed by atoms with van der Waals surface area (Å²) in [4.78, 5) is 0. The lowest BCUT2D eigenvalue weighted by Crippen LogP contribution is -2.19. The number of halogens is 2. The fraction of sp³-hybridized carbons (Fsp3) is 0.556. The predicted molar refractivity (Wildman–Crippen MR) is 79.9 cm³/mol. The molecule has 0 aromatic heterocycles. The first-order valence-corrected chi connectivity index (χ1v) is 8.03. The van der Waals surface area contributed by atoms with Gasteiger partial charge in [-0.15, -0.1) is 0 Å². The van der Waals surface area contributed by atoms with Crippen molar-refractivity contribution in [3.05, 3.63) is 35.4 Å². The molecule has 1 nitrogen and oxygen atoms in total. The average molecular weight is 292 g/mol. The van der Waals surface area contributed by atoms with E-state index in [0.29, 0.717) is 11.5 Å². The van der Waals surface area contributed by atoms with Crippen LogP contribution >= 0.6 is 0 Å². The lowest BCUT2D eigenvalue weighted by molar-refractivity contribution is 0.235. The molecule has 1 aromatic carbocycles. The Balaban J connectivity index is 1.74. The second kappa shape index (κ2) is 6.17. The molecule has 114 valence electrons. The Bertz CT molecular complexity index is 544. The minimum absolute atomic E-state index is 0.312. The summed E-state index contributed by atoms with van der Waals surface area (Å²) in [5.74, 6) is -1.15. The monoisotopic (exact) mass is 292 g/mol. The van der Waals surface area contributed by atoms with Crippen molar-refractivity contribution in [3.63, 3.8) is 0 Å². The molecule has 1 aromatic rings. The SMILES string of the molecule is Oc1ccc(C2=CCC(C3CCCCC3)CC2)c(F)c1F. The van der Waals surface area contributed by atoms with Gasteiger partial charge in [0.05, 0.1) is 0 Å². The minimum atomic E-state index is -1.14. The molecule has 3 rings (SSSR count). The molecule has 0 amide bonds. The number of phenols is 1. The molecule has 2 aliphatic rings. The molecule has 1 unspecified atom stereocenters. The second-order valence-corrected chi connectivity index (χ2v) is 6.42. The zero-order chi connectivity index (χ0) is 14.8. The lowest BCUT2D eigenvalue weighted by atomic mass is 9.73. The molecule has 0 spiro atoms. The van der Waals surface area contributed by atoms with Crippen LogP contribution in [-0.2, 0) is 0 Å². The number of hydrogen-bond acceptors (Lipinski definition) is 1. The van der Waals surface area contributed by atoms with E-state index in [1.165, 1.54) is 44.2 Å². The molecule has 0 heterocycles. The van der Waals surface area contributed by atoms with Crippen molar-refractivity contribution in [3.8, 4) is 5.75 Å². The van der Waals surface area contributed by atoms with Gasteiger partial charge in [0.25, 0.3) is 0 Å². The van der Waals surface area contributed by atoms with Gasteiger partial charge in [-0.1, -0.05) is 38.2 Å². The fourth-order valence-electron chi connectivity index (χ4n) is 3.92. The van der Waals surface area contributed by atoms with Gasteiger partial charge in [-0.05, 0) is 48.8 Å². The highest BCUT2D eigenvalue weighted by atomic mass is 19.2. The average Bonchev–Trinajstić information content (AvgIpc) is 2.54. The zero-order valence-electron chi connectivity index (χ0n) is 12.2. The first kappa shape index (κ1) is 14.6. The van der Waals surface area contributed by atoms with Crippen LogP contribution in [-0.4, -0.2) is 5.11 Å². The van der Waals surface area contributed by atoms with Crippen molar-refractivity contribution in [2.24, 2.45) is 11.8 Å². The van der Waals surface area contributed by atoms with Gasteiger partial charge in [0, 0.05) is 5.56 Å². The van der Waals surface area contributed by atoms with E-state index in [-0.39, 0.29) is 0 Å². The van der Waals surface area contributed by atoms with Gasteiger partial charge in [-0.2, -0.15) is 4.39 Å². The van der Waals surface area contributed by atoms with Crippen LogP contribution in [0.2, 0.25) is 0 Å². The van der Waals surface area contributed by atoms with Crippen LogP contribution in [0.3, 0.4) is 0 Å². The maximum absolute atomic E-state index is 13.9. The van der Waals surface area contributed by atoms with Crippen LogP contribution in [0.4, 0.5) is 8.78 Å². The summed E-state index contributed by atoms with van der Waals surface area (Å²) in [7, 11) is 0. The Morgan fingerprint density at radius 3 is 2.33 bits per heavy atom. The van der Waals surface area contributed by atoms with E-state index >= 15 is 0 Å². The van der Waals surface area contributed by atoms with Crippen molar-refractivity contribution in [1.82, 2.24) is 0 Å². The van der Waals surface area contributed by atoms with E-state index < -0.39 is 17.4 Å². The maximum atomic E-state index is 13.9. The molecule has 1 saturated carbocycles. The van der Waals surface area contributed by atoms with E-state index in [9.17, 15) is 13.9 Å². The number of allylic oxidation sites excluding steroid dienone is 2. The summed E-state index contributed by atoms with van der Waals surface area (Å²) < 4.78 is 27.4. The molecule has 0 saturated heterocycles. The largest absolute Gasteiger partial charge is 0.505 e. The molecule has 0 radical (unpaired) electrons. The Hall–Kier alpha value is -1.38. The molecular weight excluding hydrogens is 270 g/mol. The summed E-state index contributed by atoms with van der Waals surface area (Å²) in [6, 6.07) is 2.72. The maximum Gasteiger partial charge on any atom is 0.200 e. The Morgan fingerprint density at radius 2 is 1.67 bits per heavy atom. The number of aromatic hydroxyl groups is 1. The highest BCUT2D eigenvalue weighted by Gasteiger charge is 2.26. The van der Waals surface area contributed by atoms with Crippen molar-refractivity contribution >= 4 is 5.57 Å². The van der Waals surface area contributed by atoms with Gasteiger partial charge in [-0.3, -0.25) is 0 Å². The third kappa shape index (κ3) is 2.97. The highest BCUT2D eigenvalue weighted by Crippen LogP contribution is 2.40. The molecular formula is C18H22F2O. The third-order valence-corrected chi connectivity index (χ3v) is 5.18. The normalized spacial score (nSPS) is 23.9. The van der Waals surface area contributed by atoms with Gasteiger partial charge >= 0.3 is 0 Å². The quantitative estimate of drug-likeness (QED) is 0.770. The number of phenolic OH excluding ortho intramolecular Hbond substituents is 1. The van der Waals surface area contributed by atoms with Crippen LogP contribution in [0.25, 0.3) is 5.57 Å². The Kier molecular flexibility index (Phi) is 4.27. The summed E-state index contributed by atoms with van der Waals surface area (Å²) in [6.07, 6.45) is 11.6. The molecule has 1 fully saturated rings. The van der Waals surface area contributed by atoms with E-state index in [4.69, 9.17) is 0 Å². The van der Waals surface area contributed by atoms with Crippen LogP contribution in [0.15, 0.2) is 18.2 Å². The van der Waals surface area contributed by atoms with Crippen LogP contribution in [0.1, 0.15) is 56.9 Å². The molecule has 21 heavy (non-hydrogen) atoms. The van der Waals surface area contributed by atoms with Crippen molar-refractivity contribution in [2.75, 3.05) is 0 Å². The summed E-state index contributed by atoms with van der Waals surface area (Å²) >= 11 is 0. The molecule has 2 aliphatic carbocycles. The smallest absolute Gasteiger partial charge is 0.200 e. The standard InChI is InChI=1S/C18H22F2O/c19-17-15(10-11-16(21)18(17)20)14-8-6-13(7-9-14)12-4-2-1-3-5-12/h8,10-13,21H,1-7,9H2. The van der Waals surface area contributed by atoms with E-state index in [2.05, 4.69) is 6.08 Å². The molecule has 0 bridgehead atoms. The van der Waals surface area contributed by atoms with Crippen molar-refractivity contribution in [2.45, 2.75) is 51.4 Å². The van der Waals surface area contributed by atoms with Gasteiger partial charge < -0.3 is 5.11 Å². The Labute approximate surface area is 124 Å². The molecule has 1 atom stereocenters. The van der Waals surface area contributed by atoms with E-state index in [0.717, 1.165) is 30.8 Å². The summed E-state index contributed by atoms with van der Waals surface area (Å²) in [5.41, 5.74) is 1.20. The molecule has 1 N–H and O–H groups in total. The van der Waals surface area contributed by atoms with Crippen LogP contribution in [0, 0.1) is 23.5 Å². The van der Waals surface area contributed by atoms with Gasteiger partial charge in [0.2, 0.25) is 5.82 Å². The number of rotatable bonds is 2. The molecule has 0 aliphatic heterocycles. The second-order valence-electron chi connectivity index (χ2n) is 6.42. The van der Waals surface area contributed by atoms with Crippen molar-refractivity contribution in [1.29, 1.82) is 0 Å². The summed E-state index contributed by atoms with van der Waals surface area (Å²) in [6.45, 7) is 0. The molecule has 3 heteroatoms. The zero-order valence-corrected chi connectivity index (χ0v) is 12.2. The van der Waals surface area contributed by atoms with Crippen LogP contribution in [0.5, 0.6) is 5.75 Å². The first-order valence-electron chi connectivity index (χ1n) is 8.03. The number of benzene rings is 1. The lowest BCUT2D eigenvalue weighted by Gasteiger charge is -2.32. The van der Waals surface area contributed by atoms with Gasteiger partial charge in [0.1, 0.15) is 0 Å². The Morgan fingerprint density at radius 1 is 0.905 bits per heavy atom. The summed E-state index contributed by atoms with van der Waals surface area (Å²) in [5, 5.41) is 9.20. The third-order valence-electron chi connectivity index (χ3n) is 5.18. The first-order chi connectivity index (χ1) is 10.2. The topological polar surface area (TPSA) is 20.2 Å².